The third-order valence-corrected chi connectivity index (χ3v) is 1.72. The Balaban J connectivity index is 2.32. The molecule has 2 nitrogen and oxygen atoms in total. The van der Waals surface area contributed by atoms with Gasteiger partial charge in [-0.05, 0) is 26.4 Å². The lowest BCUT2D eigenvalue weighted by Gasteiger charge is -2.29. The molecule has 12 heavy (non-hydrogen) atoms. The van der Waals surface area contributed by atoms with Crippen LogP contribution in [-0.4, -0.2) is 37.5 Å². The first-order valence-corrected chi connectivity index (χ1v) is 3.74. The highest BCUT2D eigenvalue weighted by molar-refractivity contribution is 4.85. The van der Waals surface area contributed by atoms with E-state index in [-0.39, 0.29) is 0 Å². The van der Waals surface area contributed by atoms with Crippen LogP contribution in [0.1, 0.15) is 6.42 Å². The Kier molecular flexibility index (Phi) is 2.95. The van der Waals surface area contributed by atoms with Gasteiger partial charge in [0.15, 0.2) is 0 Å². The molecule has 1 saturated heterocycles. The Morgan fingerprint density at radius 3 is 2.67 bits per heavy atom. The fourth-order valence-corrected chi connectivity index (χ4v) is 1.21. The van der Waals surface area contributed by atoms with Crippen LogP contribution in [0.3, 0.4) is 0 Å². The van der Waals surface area contributed by atoms with Crippen LogP contribution >= 0.6 is 0 Å². The number of ether oxygens (including phenoxy) is 1. The summed E-state index contributed by atoms with van der Waals surface area (Å²) in [6, 6.07) is 0. The van der Waals surface area contributed by atoms with Crippen molar-refractivity contribution in [2.75, 3.05) is 20.1 Å². The van der Waals surface area contributed by atoms with Crippen molar-refractivity contribution in [2.24, 2.45) is 0 Å². The zero-order valence-corrected chi connectivity index (χ0v) is 6.77. The van der Waals surface area contributed by atoms with Crippen molar-refractivity contribution in [1.82, 2.24) is 4.90 Å². The third-order valence-electron chi connectivity index (χ3n) is 1.72. The number of halogens is 3. The van der Waals surface area contributed by atoms with E-state index in [0.717, 1.165) is 6.54 Å². The van der Waals surface area contributed by atoms with Gasteiger partial charge in [-0.2, -0.15) is 0 Å². The fourth-order valence-electron chi connectivity index (χ4n) is 1.21. The van der Waals surface area contributed by atoms with Gasteiger partial charge in [0.25, 0.3) is 0 Å². The molecule has 0 N–H and O–H groups in total. The summed E-state index contributed by atoms with van der Waals surface area (Å²) in [6.07, 6.45) is -3.10. The van der Waals surface area contributed by atoms with E-state index in [1.165, 1.54) is 0 Å². The van der Waals surface area contributed by atoms with E-state index < -0.39 is 12.5 Å². The Morgan fingerprint density at radius 1 is 1.50 bits per heavy atom. The van der Waals surface area contributed by atoms with E-state index in [1.54, 1.807) is 13.5 Å². The highest BCUT2D eigenvalue weighted by Crippen LogP contribution is 2.22. The zero-order chi connectivity index (χ0) is 9.19. The van der Waals surface area contributed by atoms with Crippen molar-refractivity contribution in [2.45, 2.75) is 18.9 Å². The molecule has 1 aliphatic rings. The Bertz CT molecular complexity index is 148. The van der Waals surface area contributed by atoms with Crippen LogP contribution in [0.15, 0.2) is 0 Å². The molecule has 0 aromatic rings. The number of hydrogen-bond donors (Lipinski definition) is 0. The maximum absolute atomic E-state index is 11.7. The van der Waals surface area contributed by atoms with Crippen LogP contribution in [-0.2, 0) is 4.74 Å². The number of hydrogen-bond acceptors (Lipinski definition) is 2. The minimum atomic E-state index is -4.51. The summed E-state index contributed by atoms with van der Waals surface area (Å²) in [7, 11) is 1.78. The first kappa shape index (κ1) is 9.80. The Labute approximate surface area is 69.3 Å². The highest BCUT2D eigenvalue weighted by atomic mass is 19.4. The van der Waals surface area contributed by atoms with Crippen LogP contribution in [0.4, 0.5) is 13.2 Å². The molecule has 1 unspecified atom stereocenters. The van der Waals surface area contributed by atoms with Gasteiger partial charge in [0.1, 0.15) is 0 Å². The molecule has 0 saturated carbocycles. The first-order valence-electron chi connectivity index (χ1n) is 3.74. The van der Waals surface area contributed by atoms with Crippen LogP contribution < -0.4 is 0 Å². The van der Waals surface area contributed by atoms with E-state index in [9.17, 15) is 13.2 Å². The molecule has 5 heteroatoms. The number of likely N-dealkylation sites (tertiary alicyclic amines) is 1. The molecule has 0 spiro atoms. The van der Waals surface area contributed by atoms with E-state index >= 15 is 0 Å². The van der Waals surface area contributed by atoms with E-state index in [4.69, 9.17) is 0 Å². The van der Waals surface area contributed by atoms with Crippen molar-refractivity contribution in [1.29, 1.82) is 0 Å². The number of rotatable bonds is 1. The monoisotopic (exact) mass is 182 g/mol. The molecule has 0 amide bonds. The number of alkyl halides is 3. The van der Waals surface area contributed by atoms with Gasteiger partial charge < -0.3 is 4.90 Å². The van der Waals surface area contributed by atoms with Crippen molar-refractivity contribution in [3.63, 3.8) is 0 Å². The molecule has 1 fully saturated rings. The quantitative estimate of drug-likeness (QED) is 0.608. The van der Waals surface area contributed by atoms with Crippen molar-refractivity contribution in [3.05, 3.63) is 6.42 Å². The topological polar surface area (TPSA) is 12.5 Å². The molecule has 0 aromatic heterocycles. The number of piperidine rings is 1. The molecule has 0 bridgehead atoms. The molecule has 0 aliphatic carbocycles. The lowest BCUT2D eigenvalue weighted by Crippen LogP contribution is -2.40. The molecule has 1 atom stereocenters. The normalized spacial score (nSPS) is 27.5. The van der Waals surface area contributed by atoms with Crippen LogP contribution in [0.2, 0.25) is 0 Å². The molecule has 71 valence electrons. The highest BCUT2D eigenvalue weighted by Gasteiger charge is 2.34. The molecular formula is C7H11F3NO. The minimum absolute atomic E-state index is 0.319. The Hall–Kier alpha value is -0.290. The van der Waals surface area contributed by atoms with Crippen molar-refractivity contribution >= 4 is 0 Å². The number of nitrogens with zero attached hydrogens (tertiary/aromatic N) is 1. The lowest BCUT2D eigenvalue weighted by atomic mass is 10.1. The molecule has 1 heterocycles. The van der Waals surface area contributed by atoms with Gasteiger partial charge in [-0.15, -0.1) is 13.2 Å². The molecular weight excluding hydrogens is 171 g/mol. The SMILES string of the molecule is CN1CC[CH]C(OC(F)(F)F)C1. The summed E-state index contributed by atoms with van der Waals surface area (Å²) in [5.74, 6) is 0. The van der Waals surface area contributed by atoms with Crippen molar-refractivity contribution in [3.8, 4) is 0 Å². The van der Waals surface area contributed by atoms with Gasteiger partial charge in [-0.1, -0.05) is 0 Å². The minimum Gasteiger partial charge on any atom is -0.304 e. The average molecular weight is 182 g/mol. The summed E-state index contributed by atoms with van der Waals surface area (Å²) in [5.41, 5.74) is 0. The summed E-state index contributed by atoms with van der Waals surface area (Å²) in [5, 5.41) is 0. The van der Waals surface area contributed by atoms with Crippen LogP contribution in [0.5, 0.6) is 0 Å². The second-order valence-electron chi connectivity index (χ2n) is 2.89. The van der Waals surface area contributed by atoms with Crippen LogP contribution in [0, 0.1) is 6.42 Å². The predicted molar refractivity (Wildman–Crippen MR) is 37.3 cm³/mol. The summed E-state index contributed by atoms with van der Waals surface area (Å²) in [4.78, 5) is 1.82. The van der Waals surface area contributed by atoms with Gasteiger partial charge in [-0.25, -0.2) is 0 Å². The smallest absolute Gasteiger partial charge is 0.304 e. The first-order chi connectivity index (χ1) is 5.47. The molecule has 0 aromatic carbocycles. The van der Waals surface area contributed by atoms with E-state index in [2.05, 4.69) is 4.74 Å². The van der Waals surface area contributed by atoms with Gasteiger partial charge in [-0.3, -0.25) is 4.74 Å². The fraction of sp³-hybridized carbons (Fsp3) is 0.857. The van der Waals surface area contributed by atoms with E-state index in [0.29, 0.717) is 13.0 Å². The zero-order valence-electron chi connectivity index (χ0n) is 6.77. The summed E-state index contributed by atoms with van der Waals surface area (Å²) < 4.78 is 39.0. The van der Waals surface area contributed by atoms with E-state index in [1.807, 2.05) is 4.90 Å². The second kappa shape index (κ2) is 3.62. The van der Waals surface area contributed by atoms with Gasteiger partial charge in [0.2, 0.25) is 0 Å². The summed E-state index contributed by atoms with van der Waals surface area (Å²) in [6.45, 7) is 1.12. The molecule has 1 rings (SSSR count). The van der Waals surface area contributed by atoms with Gasteiger partial charge in [0, 0.05) is 6.54 Å². The maximum atomic E-state index is 11.7. The average Bonchev–Trinajstić information content (AvgIpc) is 1.82. The van der Waals surface area contributed by atoms with Gasteiger partial charge >= 0.3 is 6.36 Å². The van der Waals surface area contributed by atoms with Gasteiger partial charge in [0.05, 0.1) is 6.10 Å². The summed E-state index contributed by atoms with van der Waals surface area (Å²) >= 11 is 0. The Morgan fingerprint density at radius 2 is 2.17 bits per heavy atom. The molecule has 1 aliphatic heterocycles. The molecule has 1 radical (unpaired) electrons. The lowest BCUT2D eigenvalue weighted by molar-refractivity contribution is -0.340. The standard InChI is InChI=1S/C7H11F3NO/c1-11-4-2-3-6(5-11)12-7(8,9)10/h3,6H,2,4-5H2,1H3. The third kappa shape index (κ3) is 3.40. The van der Waals surface area contributed by atoms with Crippen molar-refractivity contribution < 1.29 is 17.9 Å². The second-order valence-corrected chi connectivity index (χ2v) is 2.89. The largest absolute Gasteiger partial charge is 0.522 e. The number of likely N-dealkylation sites (N-methyl/N-ethyl adjacent to an activating group) is 1. The maximum Gasteiger partial charge on any atom is 0.522 e. The predicted octanol–water partition coefficient (Wildman–Crippen LogP) is 1.43. The van der Waals surface area contributed by atoms with Crippen LogP contribution in [0.25, 0.3) is 0 Å².